The van der Waals surface area contributed by atoms with Crippen LogP contribution >= 0.6 is 0 Å². The van der Waals surface area contributed by atoms with Crippen molar-refractivity contribution in [1.29, 1.82) is 0 Å². The van der Waals surface area contributed by atoms with E-state index in [2.05, 4.69) is 15.0 Å². The van der Waals surface area contributed by atoms with Gasteiger partial charge in [-0.2, -0.15) is 0 Å². The van der Waals surface area contributed by atoms with E-state index in [4.69, 9.17) is 0 Å². The van der Waals surface area contributed by atoms with Crippen LogP contribution in [0.25, 0.3) is 10.9 Å². The van der Waals surface area contributed by atoms with Crippen molar-refractivity contribution in [2.24, 2.45) is 0 Å². The molecule has 3 aromatic rings. The fourth-order valence-electron chi connectivity index (χ4n) is 2.89. The maximum atomic E-state index is 12.2. The zero-order chi connectivity index (χ0) is 14.4. The van der Waals surface area contributed by atoms with Crippen molar-refractivity contribution in [3.63, 3.8) is 0 Å². The number of pyridine rings is 1. The summed E-state index contributed by atoms with van der Waals surface area (Å²) in [6.07, 6.45) is 2.80. The molecule has 21 heavy (non-hydrogen) atoms. The molecule has 1 aromatic carbocycles. The third kappa shape index (κ3) is 2.13. The van der Waals surface area contributed by atoms with Gasteiger partial charge in [-0.15, -0.1) is 0 Å². The highest BCUT2D eigenvalue weighted by atomic mass is 16.1. The maximum Gasteiger partial charge on any atom is 0.189 e. The minimum atomic E-state index is 0.0789. The molecule has 0 saturated heterocycles. The van der Waals surface area contributed by atoms with Gasteiger partial charge in [0.05, 0.1) is 0 Å². The summed E-state index contributed by atoms with van der Waals surface area (Å²) < 4.78 is 0. The van der Waals surface area contributed by atoms with Gasteiger partial charge in [-0.05, 0) is 31.5 Å². The predicted molar refractivity (Wildman–Crippen MR) is 81.4 cm³/mol. The average Bonchev–Trinajstić information content (AvgIpc) is 3.28. The van der Waals surface area contributed by atoms with E-state index in [0.717, 1.165) is 34.5 Å². The molecule has 4 rings (SSSR count). The van der Waals surface area contributed by atoms with Crippen molar-refractivity contribution in [3.05, 3.63) is 70.0 Å². The van der Waals surface area contributed by atoms with Crippen molar-refractivity contribution in [3.8, 4) is 0 Å². The molecule has 1 saturated carbocycles. The van der Waals surface area contributed by atoms with Crippen LogP contribution in [-0.4, -0.2) is 15.0 Å². The van der Waals surface area contributed by atoms with Gasteiger partial charge < -0.3 is 4.98 Å². The summed E-state index contributed by atoms with van der Waals surface area (Å²) in [6.45, 7) is 1.97. The third-order valence-electron chi connectivity index (χ3n) is 4.09. The lowest BCUT2D eigenvalue weighted by molar-refractivity contribution is 0.867. The molecule has 1 aliphatic rings. The Hall–Kier alpha value is -2.49. The van der Waals surface area contributed by atoms with E-state index in [1.54, 1.807) is 12.3 Å². The van der Waals surface area contributed by atoms with Gasteiger partial charge in [-0.3, -0.25) is 4.79 Å². The Labute approximate surface area is 121 Å². The van der Waals surface area contributed by atoms with Crippen LogP contribution in [0.15, 0.2) is 47.4 Å². The van der Waals surface area contributed by atoms with Crippen molar-refractivity contribution >= 4 is 10.9 Å². The van der Waals surface area contributed by atoms with Crippen LogP contribution in [-0.2, 0) is 0 Å². The first-order valence-corrected chi connectivity index (χ1v) is 7.14. The fourth-order valence-corrected chi connectivity index (χ4v) is 2.89. The molecular weight excluding hydrogens is 262 g/mol. The van der Waals surface area contributed by atoms with E-state index in [1.165, 1.54) is 0 Å². The van der Waals surface area contributed by atoms with Crippen molar-refractivity contribution in [2.75, 3.05) is 0 Å². The van der Waals surface area contributed by atoms with Gasteiger partial charge in [0.2, 0.25) is 0 Å². The zero-order valence-corrected chi connectivity index (χ0v) is 11.7. The number of aromatic amines is 1. The van der Waals surface area contributed by atoms with Crippen molar-refractivity contribution < 1.29 is 0 Å². The van der Waals surface area contributed by atoms with Gasteiger partial charge in [-0.25, -0.2) is 9.97 Å². The van der Waals surface area contributed by atoms with Gasteiger partial charge >= 0.3 is 0 Å². The number of hydrogen-bond acceptors (Lipinski definition) is 3. The first-order chi connectivity index (χ1) is 10.2. The first kappa shape index (κ1) is 12.3. The quantitative estimate of drug-likeness (QED) is 0.783. The summed E-state index contributed by atoms with van der Waals surface area (Å²) in [4.78, 5) is 24.4. The molecule has 0 amide bonds. The standard InChI is InChI=1S/C17H15N3O/c1-10-6-7-18-17(19-10)13-8-12(13)15-9-16(21)11-4-2-3-5-14(11)20-15/h2-7,9,12-13H,8H2,1H3,(H,20,21)/t12-,13-/m1/s1. The van der Waals surface area contributed by atoms with E-state index < -0.39 is 0 Å². The van der Waals surface area contributed by atoms with Gasteiger partial charge in [0.1, 0.15) is 5.82 Å². The molecule has 0 spiro atoms. The van der Waals surface area contributed by atoms with Gasteiger partial charge in [0.25, 0.3) is 0 Å². The molecule has 2 heterocycles. The van der Waals surface area contributed by atoms with Gasteiger partial charge in [0.15, 0.2) is 5.43 Å². The van der Waals surface area contributed by atoms with E-state index >= 15 is 0 Å². The van der Waals surface area contributed by atoms with E-state index in [9.17, 15) is 4.79 Å². The summed E-state index contributed by atoms with van der Waals surface area (Å²) in [5.41, 5.74) is 2.96. The van der Waals surface area contributed by atoms with Crippen LogP contribution in [0.3, 0.4) is 0 Å². The van der Waals surface area contributed by atoms with Crippen LogP contribution < -0.4 is 5.43 Å². The molecule has 0 radical (unpaired) electrons. The molecule has 1 N–H and O–H groups in total. The lowest BCUT2D eigenvalue weighted by Gasteiger charge is -2.04. The van der Waals surface area contributed by atoms with Gasteiger partial charge in [-0.1, -0.05) is 12.1 Å². The number of H-pyrrole nitrogens is 1. The van der Waals surface area contributed by atoms with E-state index in [1.807, 2.05) is 37.3 Å². The number of rotatable bonds is 2. The Kier molecular flexibility index (Phi) is 2.64. The molecular formula is C17H15N3O. The molecule has 0 unspecified atom stereocenters. The van der Waals surface area contributed by atoms with E-state index in [-0.39, 0.29) is 5.43 Å². The number of nitrogens with zero attached hydrogens (tertiary/aromatic N) is 2. The Bertz CT molecular complexity index is 884. The molecule has 1 fully saturated rings. The van der Waals surface area contributed by atoms with Gasteiger partial charge in [0, 0.05) is 46.4 Å². The Morgan fingerprint density at radius 1 is 1.19 bits per heavy atom. The molecule has 1 aliphatic carbocycles. The lowest BCUT2D eigenvalue weighted by atomic mass is 10.1. The van der Waals surface area contributed by atoms with Crippen LogP contribution in [0.2, 0.25) is 0 Å². The summed E-state index contributed by atoms with van der Waals surface area (Å²) in [5.74, 6) is 1.53. The number of aromatic nitrogens is 3. The minimum Gasteiger partial charge on any atom is -0.358 e. The summed E-state index contributed by atoms with van der Waals surface area (Å²) in [6, 6.07) is 11.3. The minimum absolute atomic E-state index is 0.0789. The number of hydrogen-bond donors (Lipinski definition) is 1. The highest BCUT2D eigenvalue weighted by molar-refractivity contribution is 5.78. The number of fused-ring (bicyclic) bond motifs is 1. The van der Waals surface area contributed by atoms with E-state index in [0.29, 0.717) is 11.8 Å². The molecule has 2 aromatic heterocycles. The second-order valence-corrected chi connectivity index (χ2v) is 5.64. The molecule has 2 atom stereocenters. The average molecular weight is 277 g/mol. The maximum absolute atomic E-state index is 12.2. The number of nitrogens with one attached hydrogen (secondary N) is 1. The molecule has 0 bridgehead atoms. The summed E-state index contributed by atoms with van der Waals surface area (Å²) >= 11 is 0. The zero-order valence-electron chi connectivity index (χ0n) is 11.7. The molecule has 4 nitrogen and oxygen atoms in total. The SMILES string of the molecule is Cc1ccnc([C@@H]2C[C@H]2c2cc(=O)c3ccccc3[nH]2)n1. The highest BCUT2D eigenvalue weighted by Crippen LogP contribution is 2.52. The molecule has 0 aliphatic heterocycles. The second-order valence-electron chi connectivity index (χ2n) is 5.64. The smallest absolute Gasteiger partial charge is 0.189 e. The normalized spacial score (nSPS) is 20.6. The molecule has 4 heteroatoms. The van der Waals surface area contributed by atoms with Crippen molar-refractivity contribution in [2.45, 2.75) is 25.2 Å². The topological polar surface area (TPSA) is 58.6 Å². The Morgan fingerprint density at radius 3 is 2.90 bits per heavy atom. The largest absolute Gasteiger partial charge is 0.358 e. The third-order valence-corrected chi connectivity index (χ3v) is 4.09. The Morgan fingerprint density at radius 2 is 2.05 bits per heavy atom. The van der Waals surface area contributed by atoms with Crippen molar-refractivity contribution in [1.82, 2.24) is 15.0 Å². The molecule has 104 valence electrons. The van der Waals surface area contributed by atoms with Crippen LogP contribution in [0.1, 0.15) is 35.5 Å². The lowest BCUT2D eigenvalue weighted by Crippen LogP contribution is -2.05. The number of para-hydroxylation sites is 1. The predicted octanol–water partition coefficient (Wildman–Crippen LogP) is 2.90. The van der Waals surface area contributed by atoms with Crippen LogP contribution in [0.5, 0.6) is 0 Å². The fraction of sp³-hybridized carbons (Fsp3) is 0.235. The summed E-state index contributed by atoms with van der Waals surface area (Å²) in [5, 5.41) is 0.741. The number of aryl methyl sites for hydroxylation is 1. The van der Waals surface area contributed by atoms with Crippen LogP contribution in [0.4, 0.5) is 0 Å². The Balaban J connectivity index is 1.71. The highest BCUT2D eigenvalue weighted by Gasteiger charge is 2.42. The summed E-state index contributed by atoms with van der Waals surface area (Å²) in [7, 11) is 0. The van der Waals surface area contributed by atoms with Crippen LogP contribution in [0, 0.1) is 6.92 Å². The monoisotopic (exact) mass is 277 g/mol. The number of benzene rings is 1. The first-order valence-electron chi connectivity index (χ1n) is 7.14. The second kappa shape index (κ2) is 4.52.